The van der Waals surface area contributed by atoms with E-state index in [4.69, 9.17) is 21.1 Å². The zero-order valence-corrected chi connectivity index (χ0v) is 10.2. The lowest BCUT2D eigenvalue weighted by molar-refractivity contribution is 0.0251. The van der Waals surface area contributed by atoms with Crippen LogP contribution in [0.2, 0.25) is 0 Å². The molecule has 0 unspecified atom stereocenters. The first kappa shape index (κ1) is 11.7. The van der Waals surface area contributed by atoms with Crippen LogP contribution in [0.4, 0.5) is 0 Å². The summed E-state index contributed by atoms with van der Waals surface area (Å²) in [6, 6.07) is 3.90. The average molecular weight is 242 g/mol. The first-order chi connectivity index (χ1) is 7.79. The molecule has 0 atom stereocenters. The van der Waals surface area contributed by atoms with Crippen LogP contribution in [0.3, 0.4) is 0 Å². The molecule has 4 heteroatoms. The third-order valence-corrected chi connectivity index (χ3v) is 2.91. The Morgan fingerprint density at radius 1 is 1.44 bits per heavy atom. The van der Waals surface area contributed by atoms with E-state index < -0.39 is 0 Å². The molecule has 0 radical (unpaired) electrons. The van der Waals surface area contributed by atoms with Gasteiger partial charge in [0.05, 0.1) is 24.8 Å². The molecule has 0 bridgehead atoms. The highest BCUT2D eigenvalue weighted by Gasteiger charge is 2.17. The normalized spacial score (nSPS) is 17.4. The number of hydrogen-bond donors (Lipinski definition) is 0. The van der Waals surface area contributed by atoms with Gasteiger partial charge in [-0.05, 0) is 19.1 Å². The summed E-state index contributed by atoms with van der Waals surface area (Å²) in [7, 11) is 0. The molecule has 1 fully saturated rings. The number of rotatable bonds is 3. The summed E-state index contributed by atoms with van der Waals surface area (Å²) in [5, 5.41) is 0. The Morgan fingerprint density at radius 2 is 2.19 bits per heavy atom. The molecule has 2 heterocycles. The van der Waals surface area contributed by atoms with E-state index in [1.54, 1.807) is 0 Å². The molecule has 1 saturated heterocycles. The SMILES string of the molecule is Cc1ccc(OC2CCOCC2)c(CCl)n1. The second-order valence-corrected chi connectivity index (χ2v) is 4.23. The maximum absolute atomic E-state index is 5.91. The van der Waals surface area contributed by atoms with Crippen LogP contribution in [-0.2, 0) is 10.6 Å². The van der Waals surface area contributed by atoms with Gasteiger partial charge in [-0.1, -0.05) is 0 Å². The molecule has 0 amide bonds. The van der Waals surface area contributed by atoms with Crippen LogP contribution >= 0.6 is 11.6 Å². The molecule has 0 saturated carbocycles. The predicted octanol–water partition coefficient (Wildman–Crippen LogP) is 2.69. The van der Waals surface area contributed by atoms with E-state index >= 15 is 0 Å². The molecular weight excluding hydrogens is 226 g/mol. The Kier molecular flexibility index (Phi) is 4.02. The van der Waals surface area contributed by atoms with Gasteiger partial charge in [0.25, 0.3) is 0 Å². The van der Waals surface area contributed by atoms with Crippen molar-refractivity contribution in [2.75, 3.05) is 13.2 Å². The average Bonchev–Trinajstić information content (AvgIpc) is 2.33. The minimum absolute atomic E-state index is 0.236. The fraction of sp³-hybridized carbons (Fsp3) is 0.583. The molecule has 1 aliphatic rings. The molecule has 88 valence electrons. The second-order valence-electron chi connectivity index (χ2n) is 3.96. The summed E-state index contributed by atoms with van der Waals surface area (Å²) in [4.78, 5) is 4.37. The molecular formula is C12H16ClNO2. The summed E-state index contributed by atoms with van der Waals surface area (Å²) in [5.41, 5.74) is 1.79. The lowest BCUT2D eigenvalue weighted by atomic mass is 10.1. The van der Waals surface area contributed by atoms with Gasteiger partial charge in [0, 0.05) is 18.5 Å². The van der Waals surface area contributed by atoms with Crippen LogP contribution in [0.1, 0.15) is 24.2 Å². The van der Waals surface area contributed by atoms with E-state index in [0.29, 0.717) is 5.88 Å². The summed E-state index contributed by atoms with van der Waals surface area (Å²) in [5.74, 6) is 1.20. The molecule has 1 aromatic rings. The quantitative estimate of drug-likeness (QED) is 0.763. The summed E-state index contributed by atoms with van der Waals surface area (Å²) in [6.45, 7) is 3.51. The maximum Gasteiger partial charge on any atom is 0.142 e. The zero-order valence-electron chi connectivity index (χ0n) is 9.41. The van der Waals surface area contributed by atoms with E-state index in [1.165, 1.54) is 0 Å². The molecule has 2 rings (SSSR count). The van der Waals surface area contributed by atoms with Gasteiger partial charge >= 0.3 is 0 Å². The van der Waals surface area contributed by atoms with Crippen molar-refractivity contribution in [3.8, 4) is 5.75 Å². The molecule has 1 aliphatic heterocycles. The van der Waals surface area contributed by atoms with Crippen LogP contribution in [-0.4, -0.2) is 24.3 Å². The van der Waals surface area contributed by atoms with Gasteiger partial charge in [-0.15, -0.1) is 11.6 Å². The fourth-order valence-electron chi connectivity index (χ4n) is 1.77. The van der Waals surface area contributed by atoms with E-state index in [2.05, 4.69) is 4.98 Å². The Bertz CT molecular complexity index is 351. The minimum atomic E-state index is 0.236. The number of aryl methyl sites for hydroxylation is 1. The zero-order chi connectivity index (χ0) is 11.4. The molecule has 0 spiro atoms. The third-order valence-electron chi connectivity index (χ3n) is 2.66. The number of halogens is 1. The van der Waals surface area contributed by atoms with Gasteiger partial charge < -0.3 is 9.47 Å². The van der Waals surface area contributed by atoms with Gasteiger partial charge in [0.1, 0.15) is 11.9 Å². The van der Waals surface area contributed by atoms with E-state index in [9.17, 15) is 0 Å². The van der Waals surface area contributed by atoms with Crippen LogP contribution in [0, 0.1) is 6.92 Å². The van der Waals surface area contributed by atoms with Crippen molar-refractivity contribution >= 4 is 11.6 Å². The summed E-state index contributed by atoms with van der Waals surface area (Å²) < 4.78 is 11.2. The van der Waals surface area contributed by atoms with E-state index in [0.717, 1.165) is 43.2 Å². The van der Waals surface area contributed by atoms with Crippen molar-refractivity contribution in [1.29, 1.82) is 0 Å². The first-order valence-corrected chi connectivity index (χ1v) is 6.10. The van der Waals surface area contributed by atoms with Crippen LogP contribution in [0.5, 0.6) is 5.75 Å². The highest BCUT2D eigenvalue weighted by atomic mass is 35.5. The monoisotopic (exact) mass is 241 g/mol. The number of aromatic nitrogens is 1. The summed E-state index contributed by atoms with van der Waals surface area (Å²) in [6.07, 6.45) is 2.12. The van der Waals surface area contributed by atoms with E-state index in [-0.39, 0.29) is 6.10 Å². The minimum Gasteiger partial charge on any atom is -0.488 e. The molecule has 0 N–H and O–H groups in total. The summed E-state index contributed by atoms with van der Waals surface area (Å²) >= 11 is 5.85. The fourth-order valence-corrected chi connectivity index (χ4v) is 1.97. The van der Waals surface area contributed by atoms with E-state index in [1.807, 2.05) is 19.1 Å². The molecule has 0 aliphatic carbocycles. The Balaban J connectivity index is 2.07. The predicted molar refractivity (Wildman–Crippen MR) is 63.0 cm³/mol. The third kappa shape index (κ3) is 2.86. The van der Waals surface area contributed by atoms with Gasteiger partial charge in [0.15, 0.2) is 0 Å². The van der Waals surface area contributed by atoms with Crippen molar-refractivity contribution in [2.24, 2.45) is 0 Å². The van der Waals surface area contributed by atoms with Crippen molar-refractivity contribution in [1.82, 2.24) is 4.98 Å². The number of nitrogens with zero attached hydrogens (tertiary/aromatic N) is 1. The topological polar surface area (TPSA) is 31.4 Å². The number of ether oxygens (including phenoxy) is 2. The number of pyridine rings is 1. The maximum atomic E-state index is 5.91. The lowest BCUT2D eigenvalue weighted by Gasteiger charge is -2.24. The van der Waals surface area contributed by atoms with Gasteiger partial charge in [0.2, 0.25) is 0 Å². The van der Waals surface area contributed by atoms with Crippen molar-refractivity contribution in [3.63, 3.8) is 0 Å². The molecule has 0 aromatic carbocycles. The van der Waals surface area contributed by atoms with Gasteiger partial charge in [-0.2, -0.15) is 0 Å². The standard InChI is InChI=1S/C12H16ClNO2/c1-9-2-3-12(11(8-13)14-9)16-10-4-6-15-7-5-10/h2-3,10H,4-8H2,1H3. The lowest BCUT2D eigenvalue weighted by Crippen LogP contribution is -2.26. The number of hydrogen-bond acceptors (Lipinski definition) is 3. The van der Waals surface area contributed by atoms with Crippen molar-refractivity contribution < 1.29 is 9.47 Å². The molecule has 3 nitrogen and oxygen atoms in total. The van der Waals surface area contributed by atoms with Gasteiger partial charge in [-0.25, -0.2) is 0 Å². The Hall–Kier alpha value is -0.800. The number of alkyl halides is 1. The highest BCUT2D eigenvalue weighted by molar-refractivity contribution is 6.17. The Labute approximate surface area is 101 Å². The van der Waals surface area contributed by atoms with Crippen LogP contribution in [0.15, 0.2) is 12.1 Å². The van der Waals surface area contributed by atoms with Crippen molar-refractivity contribution in [3.05, 3.63) is 23.5 Å². The largest absolute Gasteiger partial charge is 0.488 e. The smallest absolute Gasteiger partial charge is 0.142 e. The van der Waals surface area contributed by atoms with Crippen molar-refractivity contribution in [2.45, 2.75) is 31.7 Å². The Morgan fingerprint density at radius 3 is 2.88 bits per heavy atom. The van der Waals surface area contributed by atoms with Gasteiger partial charge in [-0.3, -0.25) is 4.98 Å². The van der Waals surface area contributed by atoms with Crippen LogP contribution < -0.4 is 4.74 Å². The molecule has 16 heavy (non-hydrogen) atoms. The second kappa shape index (κ2) is 5.51. The molecule has 1 aromatic heterocycles. The first-order valence-electron chi connectivity index (χ1n) is 5.56. The highest BCUT2D eigenvalue weighted by Crippen LogP contribution is 2.22. The van der Waals surface area contributed by atoms with Crippen LogP contribution in [0.25, 0.3) is 0 Å².